The first-order valence-electron chi connectivity index (χ1n) is 13.0. The summed E-state index contributed by atoms with van der Waals surface area (Å²) in [5.41, 5.74) is 2.91. The topological polar surface area (TPSA) is 91.1 Å². The summed E-state index contributed by atoms with van der Waals surface area (Å²) in [5, 5.41) is 4.05. The molecule has 0 bridgehead atoms. The van der Waals surface area contributed by atoms with Crippen LogP contribution in [-0.2, 0) is 14.8 Å². The van der Waals surface area contributed by atoms with E-state index in [0.29, 0.717) is 31.6 Å². The van der Waals surface area contributed by atoms with Crippen molar-refractivity contribution < 1.29 is 17.6 Å². The maximum atomic E-state index is 13.2. The first-order chi connectivity index (χ1) is 17.3. The zero-order valence-electron chi connectivity index (χ0n) is 20.6. The fraction of sp³-hybridized carbons (Fsp3) is 0.464. The van der Waals surface area contributed by atoms with Crippen LogP contribution in [0.1, 0.15) is 81.5 Å². The Morgan fingerprint density at radius 2 is 1.67 bits per heavy atom. The minimum absolute atomic E-state index is 0.0385. The highest BCUT2D eigenvalue weighted by atomic mass is 32.2. The maximum Gasteiger partial charge on any atom is 0.240 e. The molecule has 2 fully saturated rings. The summed E-state index contributed by atoms with van der Waals surface area (Å²) in [4.78, 5) is 16.5. The Morgan fingerprint density at radius 3 is 2.36 bits per heavy atom. The number of hydrogen-bond acceptors (Lipinski definition) is 3. The molecule has 3 aromatic rings. The van der Waals surface area contributed by atoms with Crippen molar-refractivity contribution in [2.75, 3.05) is 0 Å². The van der Waals surface area contributed by atoms with Crippen LogP contribution < -0.4 is 10.0 Å². The molecule has 2 aromatic carbocycles. The Kier molecular flexibility index (Phi) is 7.17. The van der Waals surface area contributed by atoms with Gasteiger partial charge in [0, 0.05) is 23.2 Å². The van der Waals surface area contributed by atoms with Crippen LogP contribution in [0.25, 0.3) is 10.9 Å². The molecule has 0 saturated heterocycles. The smallest absolute Gasteiger partial charge is 0.240 e. The Hall–Kier alpha value is -2.71. The van der Waals surface area contributed by atoms with Crippen molar-refractivity contribution in [3.05, 3.63) is 65.6 Å². The van der Waals surface area contributed by atoms with E-state index in [9.17, 15) is 17.6 Å². The highest BCUT2D eigenvalue weighted by Gasteiger charge is 2.30. The van der Waals surface area contributed by atoms with Crippen LogP contribution in [0.15, 0.2) is 53.4 Å². The SMILES string of the molecule is C[C@@H](NC(=O)C1CCC(NS(=O)(=O)c2ccc3cc(C4CCCC4)[nH]c3c2)CC1)c1ccc(F)cc1. The number of H-pyrrole nitrogens is 1. The standard InChI is InChI=1S/C28H34FN3O3S/c1-18(19-6-11-23(29)12-7-19)30-28(33)21-8-13-24(14-9-21)32-36(34,35)25-15-10-22-16-26(31-27(22)17-25)20-4-2-3-5-20/h6-7,10-12,15-18,20-21,24,31-32H,2-5,8-9,13-14H2,1H3,(H,30,33)/t18-,21?,24?/m1/s1. The van der Waals surface area contributed by atoms with Gasteiger partial charge in [0.15, 0.2) is 0 Å². The molecule has 1 aromatic heterocycles. The molecule has 3 N–H and O–H groups in total. The van der Waals surface area contributed by atoms with Gasteiger partial charge >= 0.3 is 0 Å². The largest absolute Gasteiger partial charge is 0.358 e. The molecule has 192 valence electrons. The number of carbonyl (C=O) groups is 1. The third kappa shape index (κ3) is 5.49. The summed E-state index contributed by atoms with van der Waals surface area (Å²) in [7, 11) is -3.66. The van der Waals surface area contributed by atoms with E-state index in [0.717, 1.165) is 16.5 Å². The van der Waals surface area contributed by atoms with E-state index in [2.05, 4.69) is 21.1 Å². The first kappa shape index (κ1) is 25.0. The number of hydrogen-bond donors (Lipinski definition) is 3. The Balaban J connectivity index is 1.17. The van der Waals surface area contributed by atoms with E-state index in [1.807, 2.05) is 13.0 Å². The van der Waals surface area contributed by atoms with Crippen molar-refractivity contribution in [1.82, 2.24) is 15.0 Å². The normalized spacial score (nSPS) is 22.1. The zero-order valence-corrected chi connectivity index (χ0v) is 21.4. The van der Waals surface area contributed by atoms with Gasteiger partial charge in [-0.2, -0.15) is 0 Å². The van der Waals surface area contributed by atoms with E-state index >= 15 is 0 Å². The lowest BCUT2D eigenvalue weighted by molar-refractivity contribution is -0.126. The summed E-state index contributed by atoms with van der Waals surface area (Å²) in [6, 6.07) is 13.1. The number of halogens is 1. The van der Waals surface area contributed by atoms with Crippen molar-refractivity contribution in [2.24, 2.45) is 5.92 Å². The third-order valence-electron chi connectivity index (χ3n) is 7.87. The number of fused-ring (bicyclic) bond motifs is 1. The Bertz CT molecular complexity index is 1320. The van der Waals surface area contributed by atoms with Gasteiger partial charge in [-0.15, -0.1) is 0 Å². The fourth-order valence-electron chi connectivity index (χ4n) is 5.68. The number of amides is 1. The molecular formula is C28H34FN3O3S. The quantitative estimate of drug-likeness (QED) is 0.381. The number of rotatable bonds is 7. The van der Waals surface area contributed by atoms with Crippen LogP contribution in [0, 0.1) is 11.7 Å². The number of sulfonamides is 1. The van der Waals surface area contributed by atoms with Gasteiger partial charge in [-0.3, -0.25) is 4.79 Å². The molecular weight excluding hydrogens is 477 g/mol. The number of nitrogens with one attached hydrogen (secondary N) is 3. The monoisotopic (exact) mass is 511 g/mol. The maximum absolute atomic E-state index is 13.2. The van der Waals surface area contributed by atoms with Gasteiger partial charge in [-0.25, -0.2) is 17.5 Å². The molecule has 0 radical (unpaired) electrons. The van der Waals surface area contributed by atoms with Crippen LogP contribution in [0.3, 0.4) is 0 Å². The lowest BCUT2D eigenvalue weighted by atomic mass is 9.85. The second-order valence-corrected chi connectivity index (χ2v) is 12.1. The van der Waals surface area contributed by atoms with Gasteiger partial charge in [0.1, 0.15) is 5.82 Å². The predicted molar refractivity (Wildman–Crippen MR) is 139 cm³/mol. The van der Waals surface area contributed by atoms with Crippen molar-refractivity contribution in [1.29, 1.82) is 0 Å². The van der Waals surface area contributed by atoms with Crippen LogP contribution in [0.4, 0.5) is 4.39 Å². The Labute approximate surface area is 212 Å². The molecule has 8 heteroatoms. The lowest BCUT2D eigenvalue weighted by Gasteiger charge is -2.29. The molecule has 6 nitrogen and oxygen atoms in total. The Morgan fingerprint density at radius 1 is 0.972 bits per heavy atom. The van der Waals surface area contributed by atoms with Gasteiger partial charge in [-0.05, 0) is 92.6 Å². The van der Waals surface area contributed by atoms with Crippen LogP contribution in [0.2, 0.25) is 0 Å². The summed E-state index contributed by atoms with van der Waals surface area (Å²) in [6.07, 6.45) is 7.33. The van der Waals surface area contributed by atoms with Crippen LogP contribution in [-0.4, -0.2) is 25.4 Å². The molecule has 1 atom stereocenters. The van der Waals surface area contributed by atoms with Gasteiger partial charge < -0.3 is 10.3 Å². The average Bonchev–Trinajstić information content (AvgIpc) is 3.54. The minimum Gasteiger partial charge on any atom is -0.358 e. The van der Waals surface area contributed by atoms with E-state index in [1.54, 1.807) is 24.3 Å². The van der Waals surface area contributed by atoms with Gasteiger partial charge in [0.05, 0.1) is 10.9 Å². The van der Waals surface area contributed by atoms with E-state index in [4.69, 9.17) is 0 Å². The summed E-state index contributed by atoms with van der Waals surface area (Å²) >= 11 is 0. The summed E-state index contributed by atoms with van der Waals surface area (Å²) in [6.45, 7) is 1.88. The van der Waals surface area contributed by atoms with E-state index in [1.165, 1.54) is 43.5 Å². The molecule has 2 aliphatic carbocycles. The molecule has 5 rings (SSSR count). The minimum atomic E-state index is -3.66. The zero-order chi connectivity index (χ0) is 25.3. The number of benzene rings is 2. The van der Waals surface area contributed by atoms with Gasteiger partial charge in [0.25, 0.3) is 0 Å². The molecule has 0 aliphatic heterocycles. The fourth-order valence-corrected chi connectivity index (χ4v) is 7.01. The summed E-state index contributed by atoms with van der Waals surface area (Å²) in [5.74, 6) is 0.0441. The lowest BCUT2D eigenvalue weighted by Crippen LogP contribution is -2.41. The second-order valence-electron chi connectivity index (χ2n) is 10.4. The number of aromatic nitrogens is 1. The second kappa shape index (κ2) is 10.3. The van der Waals surface area contributed by atoms with Crippen molar-refractivity contribution in [2.45, 2.75) is 81.2 Å². The first-order valence-corrected chi connectivity index (χ1v) is 14.5. The molecule has 0 unspecified atom stereocenters. The highest BCUT2D eigenvalue weighted by molar-refractivity contribution is 7.89. The van der Waals surface area contributed by atoms with Crippen LogP contribution >= 0.6 is 0 Å². The van der Waals surface area contributed by atoms with E-state index < -0.39 is 10.0 Å². The van der Waals surface area contributed by atoms with Crippen molar-refractivity contribution >= 4 is 26.8 Å². The highest BCUT2D eigenvalue weighted by Crippen LogP contribution is 2.35. The van der Waals surface area contributed by atoms with Crippen molar-refractivity contribution in [3.63, 3.8) is 0 Å². The van der Waals surface area contributed by atoms with Crippen LogP contribution in [0.5, 0.6) is 0 Å². The number of carbonyl (C=O) groups excluding carboxylic acids is 1. The van der Waals surface area contributed by atoms with Gasteiger partial charge in [0.2, 0.25) is 15.9 Å². The summed E-state index contributed by atoms with van der Waals surface area (Å²) < 4.78 is 42.3. The molecule has 1 heterocycles. The molecule has 0 spiro atoms. The van der Waals surface area contributed by atoms with E-state index in [-0.39, 0.29) is 34.6 Å². The number of aromatic amines is 1. The molecule has 1 amide bonds. The predicted octanol–water partition coefficient (Wildman–Crippen LogP) is 5.68. The average molecular weight is 512 g/mol. The molecule has 36 heavy (non-hydrogen) atoms. The molecule has 2 saturated carbocycles. The third-order valence-corrected chi connectivity index (χ3v) is 9.39. The molecule has 2 aliphatic rings. The van der Waals surface area contributed by atoms with Gasteiger partial charge in [-0.1, -0.05) is 31.0 Å². The van der Waals surface area contributed by atoms with Crippen molar-refractivity contribution in [3.8, 4) is 0 Å².